The van der Waals surface area contributed by atoms with Crippen LogP contribution in [0, 0.1) is 0 Å². The third-order valence-electron chi connectivity index (χ3n) is 5.67. The van der Waals surface area contributed by atoms with Gasteiger partial charge in [-0.15, -0.1) is 0 Å². The van der Waals surface area contributed by atoms with Crippen LogP contribution in [-0.4, -0.2) is 27.3 Å². The molecule has 0 aliphatic carbocycles. The van der Waals surface area contributed by atoms with E-state index in [1.807, 2.05) is 63.2 Å². The van der Waals surface area contributed by atoms with Gasteiger partial charge in [-0.25, -0.2) is 4.79 Å². The minimum absolute atomic E-state index is 0.141. The number of carboxylic acids is 1. The van der Waals surface area contributed by atoms with Crippen molar-refractivity contribution in [3.8, 4) is 16.9 Å². The lowest BCUT2D eigenvalue weighted by Gasteiger charge is -2.19. The van der Waals surface area contributed by atoms with Crippen LogP contribution in [0.1, 0.15) is 37.5 Å². The van der Waals surface area contributed by atoms with E-state index < -0.39 is 17.7 Å². The molecule has 0 bridgehead atoms. The molecule has 0 unspecified atom stereocenters. The minimum atomic E-state index is -0.933. The topological polar surface area (TPSA) is 104 Å². The first-order valence-electron chi connectivity index (χ1n) is 11.7. The molecule has 3 aromatic carbocycles. The normalized spacial score (nSPS) is 11.4. The molecule has 0 atom stereocenters. The number of aliphatic carboxylic acids is 1. The van der Waals surface area contributed by atoms with Crippen LogP contribution in [0.15, 0.2) is 72.9 Å². The molecule has 4 aromatic rings. The first kappa shape index (κ1) is 25.0. The number of carbonyl (C=O) groups excluding carboxylic acids is 1. The molecule has 0 aliphatic rings. The van der Waals surface area contributed by atoms with Crippen molar-refractivity contribution in [2.24, 2.45) is 5.73 Å². The molecule has 0 aliphatic heterocycles. The molecule has 0 fully saturated rings. The SMILES string of the molecule is CC(C)(C)OC(=O)n1cc(COc2ccccc2CC(=O)O)c2cc(-c3cccc(CN)c3)ccc21. The Kier molecular flexibility index (Phi) is 7.12. The van der Waals surface area contributed by atoms with Crippen molar-refractivity contribution in [3.05, 3.63) is 89.6 Å². The summed E-state index contributed by atoms with van der Waals surface area (Å²) in [6, 6.07) is 20.9. The number of benzene rings is 3. The highest BCUT2D eigenvalue weighted by molar-refractivity contribution is 5.94. The van der Waals surface area contributed by atoms with Crippen molar-refractivity contribution in [1.82, 2.24) is 4.57 Å². The van der Waals surface area contributed by atoms with Crippen LogP contribution in [0.3, 0.4) is 0 Å². The summed E-state index contributed by atoms with van der Waals surface area (Å²) in [5, 5.41) is 10.1. The molecule has 1 heterocycles. The molecule has 0 saturated carbocycles. The van der Waals surface area contributed by atoms with Crippen molar-refractivity contribution < 1.29 is 24.2 Å². The minimum Gasteiger partial charge on any atom is -0.489 e. The van der Waals surface area contributed by atoms with Crippen LogP contribution in [-0.2, 0) is 29.1 Å². The maximum atomic E-state index is 13.0. The van der Waals surface area contributed by atoms with Crippen LogP contribution in [0.2, 0.25) is 0 Å². The third kappa shape index (κ3) is 5.75. The fourth-order valence-electron chi connectivity index (χ4n) is 4.04. The summed E-state index contributed by atoms with van der Waals surface area (Å²) in [6.07, 6.45) is 1.10. The second-order valence-electron chi connectivity index (χ2n) is 9.61. The van der Waals surface area contributed by atoms with Gasteiger partial charge in [-0.2, -0.15) is 0 Å². The number of carboxylic acid groups (broad SMARTS) is 1. The number of ether oxygens (including phenoxy) is 2. The zero-order valence-corrected chi connectivity index (χ0v) is 20.7. The van der Waals surface area contributed by atoms with Gasteiger partial charge in [0.15, 0.2) is 0 Å². The Morgan fingerprint density at radius 3 is 2.42 bits per heavy atom. The van der Waals surface area contributed by atoms with Gasteiger partial charge in [-0.1, -0.05) is 42.5 Å². The summed E-state index contributed by atoms with van der Waals surface area (Å²) < 4.78 is 13.2. The van der Waals surface area contributed by atoms with Gasteiger partial charge in [0.2, 0.25) is 0 Å². The van der Waals surface area contributed by atoms with Gasteiger partial charge >= 0.3 is 12.1 Å². The Bertz CT molecular complexity index is 1410. The van der Waals surface area contributed by atoms with Crippen LogP contribution in [0.25, 0.3) is 22.0 Å². The van der Waals surface area contributed by atoms with E-state index in [0.717, 1.165) is 27.6 Å². The average molecular weight is 487 g/mol. The van der Waals surface area contributed by atoms with Gasteiger partial charge < -0.3 is 20.3 Å². The molecule has 36 heavy (non-hydrogen) atoms. The number of rotatable bonds is 7. The largest absolute Gasteiger partial charge is 0.489 e. The fourth-order valence-corrected chi connectivity index (χ4v) is 4.04. The molecule has 4 rings (SSSR count). The zero-order chi connectivity index (χ0) is 25.9. The number of carbonyl (C=O) groups is 2. The zero-order valence-electron chi connectivity index (χ0n) is 20.7. The Hall–Kier alpha value is -4.10. The van der Waals surface area contributed by atoms with E-state index >= 15 is 0 Å². The molecule has 7 heteroatoms. The molecule has 0 saturated heterocycles. The van der Waals surface area contributed by atoms with Crippen molar-refractivity contribution in [2.75, 3.05) is 0 Å². The summed E-state index contributed by atoms with van der Waals surface area (Å²) in [5.41, 5.74) is 10.3. The number of para-hydroxylation sites is 1. The van der Waals surface area contributed by atoms with Gasteiger partial charge in [0.25, 0.3) is 0 Å². The highest BCUT2D eigenvalue weighted by Crippen LogP contribution is 2.30. The van der Waals surface area contributed by atoms with Gasteiger partial charge in [0.05, 0.1) is 11.9 Å². The summed E-state index contributed by atoms with van der Waals surface area (Å²) in [6.45, 7) is 6.06. The van der Waals surface area contributed by atoms with Crippen molar-refractivity contribution in [3.63, 3.8) is 0 Å². The number of aromatic nitrogens is 1. The summed E-state index contributed by atoms with van der Waals surface area (Å²) in [5.74, 6) is -0.443. The van der Waals surface area contributed by atoms with Crippen LogP contribution >= 0.6 is 0 Å². The van der Waals surface area contributed by atoms with Crippen molar-refractivity contribution in [2.45, 2.75) is 45.9 Å². The number of hydrogen-bond donors (Lipinski definition) is 2. The Morgan fingerprint density at radius 2 is 1.69 bits per heavy atom. The predicted molar refractivity (Wildman–Crippen MR) is 139 cm³/mol. The Labute approximate surface area is 210 Å². The maximum Gasteiger partial charge on any atom is 0.419 e. The third-order valence-corrected chi connectivity index (χ3v) is 5.67. The summed E-state index contributed by atoms with van der Waals surface area (Å²) in [4.78, 5) is 24.3. The molecular formula is C29H30N2O5. The fraction of sp³-hybridized carbons (Fsp3) is 0.241. The monoisotopic (exact) mass is 486 g/mol. The number of nitrogens with two attached hydrogens (primary N) is 1. The van der Waals surface area contributed by atoms with Crippen LogP contribution in [0.5, 0.6) is 5.75 Å². The quantitative estimate of drug-likeness (QED) is 0.344. The van der Waals surface area contributed by atoms with Crippen molar-refractivity contribution in [1.29, 1.82) is 0 Å². The number of hydrogen-bond acceptors (Lipinski definition) is 5. The van der Waals surface area contributed by atoms with E-state index in [2.05, 4.69) is 0 Å². The van der Waals surface area contributed by atoms with E-state index in [9.17, 15) is 14.7 Å². The lowest BCUT2D eigenvalue weighted by atomic mass is 10.0. The van der Waals surface area contributed by atoms with Crippen molar-refractivity contribution >= 4 is 23.0 Å². The molecule has 0 spiro atoms. The Balaban J connectivity index is 1.75. The van der Waals surface area contributed by atoms with Gasteiger partial charge in [-0.05, 0) is 61.7 Å². The second-order valence-corrected chi connectivity index (χ2v) is 9.61. The lowest BCUT2D eigenvalue weighted by molar-refractivity contribution is -0.136. The van der Waals surface area contributed by atoms with Crippen LogP contribution < -0.4 is 10.5 Å². The highest BCUT2D eigenvalue weighted by Gasteiger charge is 2.21. The maximum absolute atomic E-state index is 13.0. The van der Waals surface area contributed by atoms with E-state index in [1.165, 1.54) is 4.57 Å². The number of nitrogens with zero attached hydrogens (tertiary/aromatic N) is 1. The molecular weight excluding hydrogens is 456 g/mol. The molecule has 1 aromatic heterocycles. The van der Waals surface area contributed by atoms with Gasteiger partial charge in [-0.3, -0.25) is 9.36 Å². The van der Waals surface area contributed by atoms with Gasteiger partial charge in [0, 0.05) is 29.3 Å². The van der Waals surface area contributed by atoms with Crippen LogP contribution in [0.4, 0.5) is 4.79 Å². The second kappa shape index (κ2) is 10.3. The molecule has 3 N–H and O–H groups in total. The molecule has 186 valence electrons. The predicted octanol–water partition coefficient (Wildman–Crippen LogP) is 5.76. The number of fused-ring (bicyclic) bond motifs is 1. The van der Waals surface area contributed by atoms with Gasteiger partial charge in [0.1, 0.15) is 18.0 Å². The van der Waals surface area contributed by atoms with E-state index in [0.29, 0.717) is 23.4 Å². The van der Waals surface area contributed by atoms with E-state index in [4.69, 9.17) is 15.2 Å². The standard InChI is InChI=1S/C29H30N2O5/c1-29(2,3)36-28(34)31-17-23(18-35-26-10-5-4-8-22(26)15-27(32)33)24-14-21(11-12-25(24)31)20-9-6-7-19(13-20)16-30/h4-14,17H,15-16,18,30H2,1-3H3,(H,32,33). The van der Waals surface area contributed by atoms with E-state index in [-0.39, 0.29) is 13.0 Å². The first-order chi connectivity index (χ1) is 17.1. The first-order valence-corrected chi connectivity index (χ1v) is 11.7. The highest BCUT2D eigenvalue weighted by atomic mass is 16.6. The smallest absolute Gasteiger partial charge is 0.419 e. The average Bonchev–Trinajstić information content (AvgIpc) is 3.20. The molecule has 7 nitrogen and oxygen atoms in total. The summed E-state index contributed by atoms with van der Waals surface area (Å²) >= 11 is 0. The van der Waals surface area contributed by atoms with E-state index in [1.54, 1.807) is 30.5 Å². The Morgan fingerprint density at radius 1 is 0.944 bits per heavy atom. The molecule has 0 amide bonds. The summed E-state index contributed by atoms with van der Waals surface area (Å²) in [7, 11) is 0. The lowest BCUT2D eigenvalue weighted by Crippen LogP contribution is -2.26. The molecule has 0 radical (unpaired) electrons.